The SMILES string of the molecule is N#C/C(=C\c1ccc(OCC(=O)O)c(Cl)c1)C(=O)Nc1cccc(C(F)(F)F)c1. The molecule has 0 heterocycles. The third kappa shape index (κ3) is 6.26. The number of hydrogen-bond acceptors (Lipinski definition) is 4. The molecular formula is C19H12ClF3N2O4. The number of carboxylic acids is 1. The van der Waals surface area contributed by atoms with E-state index in [0.717, 1.165) is 18.2 Å². The lowest BCUT2D eigenvalue weighted by atomic mass is 10.1. The molecule has 2 rings (SSSR count). The van der Waals surface area contributed by atoms with Gasteiger partial charge in [0.05, 0.1) is 10.6 Å². The fourth-order valence-electron chi connectivity index (χ4n) is 2.15. The Morgan fingerprint density at radius 1 is 1.24 bits per heavy atom. The minimum atomic E-state index is -4.57. The number of carbonyl (C=O) groups is 2. The Hall–Kier alpha value is -3.51. The van der Waals surface area contributed by atoms with Crippen LogP contribution in [0.3, 0.4) is 0 Å². The largest absolute Gasteiger partial charge is 0.480 e. The molecule has 0 saturated carbocycles. The monoisotopic (exact) mass is 424 g/mol. The van der Waals surface area contributed by atoms with E-state index in [9.17, 15) is 28.0 Å². The van der Waals surface area contributed by atoms with Crippen molar-refractivity contribution in [2.75, 3.05) is 11.9 Å². The van der Waals surface area contributed by atoms with E-state index in [4.69, 9.17) is 21.4 Å². The van der Waals surface area contributed by atoms with Crippen molar-refractivity contribution in [3.8, 4) is 11.8 Å². The lowest BCUT2D eigenvalue weighted by Crippen LogP contribution is -2.14. The topological polar surface area (TPSA) is 99.4 Å². The van der Waals surface area contributed by atoms with Crippen LogP contribution < -0.4 is 10.1 Å². The molecule has 0 aliphatic rings. The van der Waals surface area contributed by atoms with Gasteiger partial charge in [-0.3, -0.25) is 4.79 Å². The molecule has 1 amide bonds. The first-order chi connectivity index (χ1) is 13.6. The minimum Gasteiger partial charge on any atom is -0.480 e. The Labute approximate surface area is 167 Å². The number of nitrogens with one attached hydrogen (secondary N) is 1. The predicted octanol–water partition coefficient (Wildman–Crippen LogP) is 4.37. The summed E-state index contributed by atoms with van der Waals surface area (Å²) in [5, 5.41) is 20.1. The number of nitrogens with zero attached hydrogens (tertiary/aromatic N) is 1. The molecule has 0 bridgehead atoms. The zero-order chi connectivity index (χ0) is 21.6. The van der Waals surface area contributed by atoms with Gasteiger partial charge in [-0.25, -0.2) is 4.79 Å². The van der Waals surface area contributed by atoms with Gasteiger partial charge < -0.3 is 15.2 Å². The third-order valence-corrected chi connectivity index (χ3v) is 3.73. The van der Waals surface area contributed by atoms with E-state index < -0.39 is 30.2 Å². The third-order valence-electron chi connectivity index (χ3n) is 3.43. The summed E-state index contributed by atoms with van der Waals surface area (Å²) in [4.78, 5) is 22.7. The van der Waals surface area contributed by atoms with Crippen LogP contribution in [0.25, 0.3) is 6.08 Å². The number of carboxylic acid groups (broad SMARTS) is 1. The maximum Gasteiger partial charge on any atom is 0.416 e. The molecule has 150 valence electrons. The average molecular weight is 425 g/mol. The van der Waals surface area contributed by atoms with Gasteiger partial charge in [0.25, 0.3) is 5.91 Å². The van der Waals surface area contributed by atoms with E-state index in [1.54, 1.807) is 6.07 Å². The van der Waals surface area contributed by atoms with Gasteiger partial charge in [0, 0.05) is 5.69 Å². The number of aliphatic carboxylic acids is 1. The number of benzene rings is 2. The van der Waals surface area contributed by atoms with Crippen molar-refractivity contribution < 1.29 is 32.6 Å². The first-order valence-electron chi connectivity index (χ1n) is 7.84. The summed E-state index contributed by atoms with van der Waals surface area (Å²) in [5.74, 6) is -2.00. The first-order valence-corrected chi connectivity index (χ1v) is 8.22. The minimum absolute atomic E-state index is 0.0515. The second kappa shape index (κ2) is 9.12. The fourth-order valence-corrected chi connectivity index (χ4v) is 2.39. The molecule has 2 aromatic carbocycles. The van der Waals surface area contributed by atoms with Gasteiger partial charge >= 0.3 is 12.1 Å². The Balaban J connectivity index is 2.19. The molecular weight excluding hydrogens is 413 g/mol. The standard InChI is InChI=1S/C19H12ClF3N2O4/c20-15-7-11(4-5-16(15)29-10-17(26)27)6-12(9-24)18(28)25-14-3-1-2-13(8-14)19(21,22)23/h1-8H,10H2,(H,25,28)(H,26,27)/b12-6+. The fraction of sp³-hybridized carbons (Fsp3) is 0.105. The number of ether oxygens (including phenoxy) is 1. The van der Waals surface area contributed by atoms with E-state index in [0.29, 0.717) is 5.56 Å². The highest BCUT2D eigenvalue weighted by atomic mass is 35.5. The summed E-state index contributed by atoms with van der Waals surface area (Å²) in [6, 6.07) is 9.78. The molecule has 0 aliphatic carbocycles. The molecule has 10 heteroatoms. The van der Waals surface area contributed by atoms with Crippen LogP contribution in [0.1, 0.15) is 11.1 Å². The normalized spacial score (nSPS) is 11.5. The average Bonchev–Trinajstić information content (AvgIpc) is 2.64. The molecule has 2 aromatic rings. The molecule has 29 heavy (non-hydrogen) atoms. The van der Waals surface area contributed by atoms with E-state index in [1.165, 1.54) is 30.3 Å². The van der Waals surface area contributed by atoms with E-state index in [1.807, 2.05) is 0 Å². The Morgan fingerprint density at radius 2 is 1.97 bits per heavy atom. The molecule has 6 nitrogen and oxygen atoms in total. The maximum atomic E-state index is 12.8. The lowest BCUT2D eigenvalue weighted by Gasteiger charge is -2.10. The van der Waals surface area contributed by atoms with Gasteiger partial charge in [0.2, 0.25) is 0 Å². The molecule has 0 fully saturated rings. The number of alkyl halides is 3. The second-order valence-corrected chi connectivity index (χ2v) is 5.98. The second-order valence-electron chi connectivity index (χ2n) is 5.57. The summed E-state index contributed by atoms with van der Waals surface area (Å²) in [5.41, 5.74) is -1.12. The van der Waals surface area contributed by atoms with E-state index in [2.05, 4.69) is 5.32 Å². The number of anilines is 1. The molecule has 0 spiro atoms. The van der Waals surface area contributed by atoms with E-state index >= 15 is 0 Å². The summed E-state index contributed by atoms with van der Waals surface area (Å²) in [6.45, 7) is -0.599. The number of amides is 1. The summed E-state index contributed by atoms with van der Waals surface area (Å²) in [6.07, 6.45) is -3.40. The summed E-state index contributed by atoms with van der Waals surface area (Å²) >= 11 is 5.97. The van der Waals surface area contributed by atoms with Crippen molar-refractivity contribution in [1.29, 1.82) is 5.26 Å². The van der Waals surface area contributed by atoms with Gasteiger partial charge in [-0.1, -0.05) is 23.7 Å². The zero-order valence-corrected chi connectivity index (χ0v) is 15.2. The zero-order valence-electron chi connectivity index (χ0n) is 14.5. The first kappa shape index (κ1) is 21.8. The van der Waals surface area contributed by atoms with Crippen LogP contribution in [0.2, 0.25) is 5.02 Å². The van der Waals surface area contributed by atoms with Crippen molar-refractivity contribution >= 4 is 35.2 Å². The number of halogens is 4. The van der Waals surface area contributed by atoms with Crippen molar-refractivity contribution in [3.05, 3.63) is 64.2 Å². The highest BCUT2D eigenvalue weighted by molar-refractivity contribution is 6.32. The highest BCUT2D eigenvalue weighted by Crippen LogP contribution is 2.31. The molecule has 0 saturated heterocycles. The van der Waals surface area contributed by atoms with Crippen molar-refractivity contribution in [1.82, 2.24) is 0 Å². The van der Waals surface area contributed by atoms with E-state index in [-0.39, 0.29) is 22.0 Å². The highest BCUT2D eigenvalue weighted by Gasteiger charge is 2.30. The van der Waals surface area contributed by atoms with Crippen LogP contribution in [-0.2, 0) is 15.8 Å². The summed E-state index contributed by atoms with van der Waals surface area (Å²) < 4.78 is 43.2. The maximum absolute atomic E-state index is 12.8. The van der Waals surface area contributed by atoms with Gasteiger partial charge in [-0.05, 0) is 42.0 Å². The molecule has 0 radical (unpaired) electrons. The summed E-state index contributed by atoms with van der Waals surface area (Å²) in [7, 11) is 0. The number of carbonyl (C=O) groups excluding carboxylic acids is 1. The smallest absolute Gasteiger partial charge is 0.416 e. The van der Waals surface area contributed by atoms with Gasteiger partial charge in [0.1, 0.15) is 17.4 Å². The van der Waals surface area contributed by atoms with Gasteiger partial charge in [-0.2, -0.15) is 18.4 Å². The molecule has 0 atom stereocenters. The van der Waals surface area contributed by atoms with Gasteiger partial charge in [0.15, 0.2) is 6.61 Å². The Morgan fingerprint density at radius 3 is 2.55 bits per heavy atom. The van der Waals surface area contributed by atoms with Crippen LogP contribution >= 0.6 is 11.6 Å². The van der Waals surface area contributed by atoms with Crippen LogP contribution in [0.4, 0.5) is 18.9 Å². The number of rotatable bonds is 6. The molecule has 2 N–H and O–H groups in total. The van der Waals surface area contributed by atoms with Crippen LogP contribution in [0.15, 0.2) is 48.0 Å². The Bertz CT molecular complexity index is 1010. The number of hydrogen-bond donors (Lipinski definition) is 2. The van der Waals surface area contributed by atoms with Gasteiger partial charge in [-0.15, -0.1) is 0 Å². The van der Waals surface area contributed by atoms with Crippen molar-refractivity contribution in [2.24, 2.45) is 0 Å². The van der Waals surface area contributed by atoms with Crippen molar-refractivity contribution in [2.45, 2.75) is 6.18 Å². The number of nitriles is 1. The molecule has 0 unspecified atom stereocenters. The predicted molar refractivity (Wildman–Crippen MR) is 98.2 cm³/mol. The quantitative estimate of drug-likeness (QED) is 0.530. The Kier molecular flexibility index (Phi) is 6.85. The molecule has 0 aromatic heterocycles. The molecule has 0 aliphatic heterocycles. The van der Waals surface area contributed by atoms with Crippen LogP contribution in [0, 0.1) is 11.3 Å². The van der Waals surface area contributed by atoms with Crippen LogP contribution in [-0.4, -0.2) is 23.6 Å². The van der Waals surface area contributed by atoms with Crippen molar-refractivity contribution in [3.63, 3.8) is 0 Å². The lowest BCUT2D eigenvalue weighted by molar-refractivity contribution is -0.139. The van der Waals surface area contributed by atoms with Crippen LogP contribution in [0.5, 0.6) is 5.75 Å².